The third-order valence-corrected chi connectivity index (χ3v) is 3.42. The molecule has 1 aromatic carbocycles. The normalized spacial score (nSPS) is 12.4. The summed E-state index contributed by atoms with van der Waals surface area (Å²) in [7, 11) is 0. The number of aliphatic hydroxyl groups excluding tert-OH is 1. The van der Waals surface area contributed by atoms with E-state index in [9.17, 15) is 5.11 Å². The highest BCUT2D eigenvalue weighted by Gasteiger charge is 2.10. The van der Waals surface area contributed by atoms with Gasteiger partial charge in [0.1, 0.15) is 5.75 Å². The Morgan fingerprint density at radius 3 is 2.42 bits per heavy atom. The molecule has 0 unspecified atom stereocenters. The van der Waals surface area contributed by atoms with Gasteiger partial charge in [0.25, 0.3) is 0 Å². The van der Waals surface area contributed by atoms with Gasteiger partial charge < -0.3 is 9.84 Å². The molecule has 1 atom stereocenters. The Bertz CT molecular complexity index is 336. The van der Waals surface area contributed by atoms with Crippen LogP contribution < -0.4 is 4.74 Å². The maximum absolute atomic E-state index is 9.93. The molecule has 19 heavy (non-hydrogen) atoms. The van der Waals surface area contributed by atoms with Gasteiger partial charge in [-0.3, -0.25) is 0 Å². The van der Waals surface area contributed by atoms with Crippen molar-refractivity contribution in [2.24, 2.45) is 0 Å². The molecule has 0 aliphatic rings. The molecule has 0 fully saturated rings. The van der Waals surface area contributed by atoms with E-state index in [0.717, 1.165) is 30.8 Å². The number of unbranched alkanes of at least 4 members (excludes halogenated alkanes) is 5. The Kier molecular flexibility index (Phi) is 8.31. The standard InChI is InChI=1S/C17H28O2/c1-3-5-6-7-8-11-14-19-17-13-10-9-12-15(17)16(18)4-2/h9-10,12-13,16,18H,3-8,11,14H2,1-2H3/t16-/m0/s1. The topological polar surface area (TPSA) is 29.5 Å². The fraction of sp³-hybridized carbons (Fsp3) is 0.647. The predicted molar refractivity (Wildman–Crippen MR) is 80.6 cm³/mol. The summed E-state index contributed by atoms with van der Waals surface area (Å²) >= 11 is 0. The zero-order valence-electron chi connectivity index (χ0n) is 12.4. The lowest BCUT2D eigenvalue weighted by Gasteiger charge is -2.14. The minimum atomic E-state index is -0.416. The molecule has 1 aromatic rings. The molecule has 1 N–H and O–H groups in total. The van der Waals surface area contributed by atoms with Crippen LogP contribution in [0.2, 0.25) is 0 Å². The molecule has 0 aromatic heterocycles. The van der Waals surface area contributed by atoms with Gasteiger partial charge in [0.15, 0.2) is 0 Å². The molecule has 0 saturated heterocycles. The summed E-state index contributed by atoms with van der Waals surface area (Å²) < 4.78 is 5.81. The van der Waals surface area contributed by atoms with Gasteiger partial charge in [0, 0.05) is 5.56 Å². The third-order valence-electron chi connectivity index (χ3n) is 3.42. The van der Waals surface area contributed by atoms with Crippen LogP contribution in [0.1, 0.15) is 70.5 Å². The van der Waals surface area contributed by atoms with Crippen molar-refractivity contribution in [1.29, 1.82) is 0 Å². The summed E-state index contributed by atoms with van der Waals surface area (Å²) in [5.41, 5.74) is 0.913. The van der Waals surface area contributed by atoms with E-state index in [0.29, 0.717) is 0 Å². The predicted octanol–water partition coefficient (Wildman–Crippen LogP) is 4.87. The minimum absolute atomic E-state index is 0.416. The maximum Gasteiger partial charge on any atom is 0.125 e. The lowest BCUT2D eigenvalue weighted by Crippen LogP contribution is -2.03. The third kappa shape index (κ3) is 6.11. The van der Waals surface area contributed by atoms with Gasteiger partial charge >= 0.3 is 0 Å². The van der Waals surface area contributed by atoms with Gasteiger partial charge in [-0.2, -0.15) is 0 Å². The second-order valence-electron chi connectivity index (χ2n) is 5.08. The van der Waals surface area contributed by atoms with Crippen molar-refractivity contribution in [2.45, 2.75) is 64.9 Å². The summed E-state index contributed by atoms with van der Waals surface area (Å²) in [5.74, 6) is 0.838. The highest BCUT2D eigenvalue weighted by molar-refractivity contribution is 5.34. The lowest BCUT2D eigenvalue weighted by atomic mass is 10.1. The summed E-state index contributed by atoms with van der Waals surface area (Å²) in [5, 5.41) is 9.93. The van der Waals surface area contributed by atoms with Crippen LogP contribution in [0, 0.1) is 0 Å². The van der Waals surface area contributed by atoms with E-state index in [1.54, 1.807) is 0 Å². The van der Waals surface area contributed by atoms with Gasteiger partial charge in [-0.15, -0.1) is 0 Å². The first kappa shape index (κ1) is 16.0. The van der Waals surface area contributed by atoms with Crippen LogP contribution in [-0.4, -0.2) is 11.7 Å². The number of benzene rings is 1. The first-order valence-electron chi connectivity index (χ1n) is 7.69. The van der Waals surface area contributed by atoms with Gasteiger partial charge in [-0.05, 0) is 18.9 Å². The maximum atomic E-state index is 9.93. The quantitative estimate of drug-likeness (QED) is 0.611. The second-order valence-corrected chi connectivity index (χ2v) is 5.08. The molecular weight excluding hydrogens is 236 g/mol. The lowest BCUT2D eigenvalue weighted by molar-refractivity contribution is 0.167. The van der Waals surface area contributed by atoms with Crippen molar-refractivity contribution in [3.63, 3.8) is 0 Å². The Labute approximate surface area is 117 Å². The van der Waals surface area contributed by atoms with E-state index in [-0.39, 0.29) is 0 Å². The molecule has 0 aliphatic heterocycles. The molecular formula is C17H28O2. The van der Waals surface area contributed by atoms with Gasteiger partial charge in [0.2, 0.25) is 0 Å². The molecule has 0 bridgehead atoms. The summed E-state index contributed by atoms with van der Waals surface area (Å²) in [4.78, 5) is 0. The fourth-order valence-electron chi connectivity index (χ4n) is 2.17. The number of aliphatic hydroxyl groups is 1. The van der Waals surface area contributed by atoms with Crippen LogP contribution in [-0.2, 0) is 0 Å². The van der Waals surface area contributed by atoms with Crippen molar-refractivity contribution in [2.75, 3.05) is 6.61 Å². The van der Waals surface area contributed by atoms with Crippen molar-refractivity contribution in [3.05, 3.63) is 29.8 Å². The highest BCUT2D eigenvalue weighted by atomic mass is 16.5. The van der Waals surface area contributed by atoms with E-state index >= 15 is 0 Å². The minimum Gasteiger partial charge on any atom is -0.493 e. The SMILES string of the molecule is CCCCCCCCOc1ccccc1[C@@H](O)CC. The van der Waals surface area contributed by atoms with E-state index in [4.69, 9.17) is 4.74 Å². The summed E-state index contributed by atoms with van der Waals surface area (Å²) in [6.45, 7) is 4.97. The van der Waals surface area contributed by atoms with Gasteiger partial charge in [0.05, 0.1) is 12.7 Å². The van der Waals surface area contributed by atoms with E-state index < -0.39 is 6.10 Å². The number of ether oxygens (including phenoxy) is 1. The van der Waals surface area contributed by atoms with Crippen molar-refractivity contribution < 1.29 is 9.84 Å². The Morgan fingerprint density at radius 2 is 1.68 bits per heavy atom. The highest BCUT2D eigenvalue weighted by Crippen LogP contribution is 2.27. The zero-order valence-corrected chi connectivity index (χ0v) is 12.4. The first-order valence-corrected chi connectivity index (χ1v) is 7.69. The first-order chi connectivity index (χ1) is 9.29. The van der Waals surface area contributed by atoms with E-state index in [1.165, 1.54) is 32.1 Å². The van der Waals surface area contributed by atoms with Crippen LogP contribution in [0.25, 0.3) is 0 Å². The second kappa shape index (κ2) is 9.85. The van der Waals surface area contributed by atoms with Crippen molar-refractivity contribution in [3.8, 4) is 5.75 Å². The average molecular weight is 264 g/mol. The number of rotatable bonds is 10. The molecule has 0 spiro atoms. The number of hydrogen-bond donors (Lipinski definition) is 1. The molecule has 0 radical (unpaired) electrons. The Morgan fingerprint density at radius 1 is 1.00 bits per heavy atom. The number of para-hydroxylation sites is 1. The van der Waals surface area contributed by atoms with Gasteiger partial charge in [-0.25, -0.2) is 0 Å². The molecule has 0 heterocycles. The molecule has 0 saturated carbocycles. The van der Waals surface area contributed by atoms with Crippen LogP contribution in [0.15, 0.2) is 24.3 Å². The summed E-state index contributed by atoms with van der Waals surface area (Å²) in [6.07, 6.45) is 7.90. The van der Waals surface area contributed by atoms with E-state index in [1.807, 2.05) is 31.2 Å². The van der Waals surface area contributed by atoms with Crippen LogP contribution >= 0.6 is 0 Å². The van der Waals surface area contributed by atoms with Crippen LogP contribution in [0.5, 0.6) is 5.75 Å². The molecule has 1 rings (SSSR count). The molecule has 2 heteroatoms. The molecule has 2 nitrogen and oxygen atoms in total. The Hall–Kier alpha value is -1.02. The van der Waals surface area contributed by atoms with Gasteiger partial charge in [-0.1, -0.05) is 64.2 Å². The van der Waals surface area contributed by atoms with Crippen LogP contribution in [0.4, 0.5) is 0 Å². The fourth-order valence-corrected chi connectivity index (χ4v) is 2.17. The average Bonchev–Trinajstić information content (AvgIpc) is 2.46. The van der Waals surface area contributed by atoms with Crippen molar-refractivity contribution >= 4 is 0 Å². The van der Waals surface area contributed by atoms with Crippen LogP contribution in [0.3, 0.4) is 0 Å². The monoisotopic (exact) mass is 264 g/mol. The Balaban J connectivity index is 2.29. The zero-order chi connectivity index (χ0) is 13.9. The largest absolute Gasteiger partial charge is 0.493 e. The molecule has 108 valence electrons. The smallest absolute Gasteiger partial charge is 0.125 e. The molecule has 0 amide bonds. The van der Waals surface area contributed by atoms with Crippen molar-refractivity contribution in [1.82, 2.24) is 0 Å². The summed E-state index contributed by atoms with van der Waals surface area (Å²) in [6, 6.07) is 7.81. The number of hydrogen-bond acceptors (Lipinski definition) is 2. The molecule has 0 aliphatic carbocycles. The van der Waals surface area contributed by atoms with E-state index in [2.05, 4.69) is 6.92 Å².